The van der Waals surface area contributed by atoms with Gasteiger partial charge in [-0.15, -0.1) is 0 Å². The zero-order valence-electron chi connectivity index (χ0n) is 12.9. The van der Waals surface area contributed by atoms with Gasteiger partial charge in [0.05, 0.1) is 23.9 Å². The van der Waals surface area contributed by atoms with Crippen molar-refractivity contribution < 1.29 is 4.74 Å². The number of fused-ring (bicyclic) bond motifs is 1. The van der Waals surface area contributed by atoms with E-state index >= 15 is 0 Å². The maximum Gasteiger partial charge on any atom is 0.0708 e. The van der Waals surface area contributed by atoms with E-state index in [0.29, 0.717) is 12.0 Å². The molecule has 1 aromatic heterocycles. The summed E-state index contributed by atoms with van der Waals surface area (Å²) in [5, 5.41) is 4.86. The van der Waals surface area contributed by atoms with E-state index in [0.717, 1.165) is 37.4 Å². The molecule has 0 spiro atoms. The molecule has 0 aliphatic carbocycles. The van der Waals surface area contributed by atoms with Crippen LogP contribution in [0.2, 0.25) is 0 Å². The normalized spacial score (nSPS) is 20.6. The second-order valence-corrected chi connectivity index (χ2v) is 5.89. The minimum atomic E-state index is 0.290. The Bertz CT molecular complexity index is 605. The molecule has 0 saturated carbocycles. The third-order valence-electron chi connectivity index (χ3n) is 4.35. The van der Waals surface area contributed by atoms with Gasteiger partial charge in [0.25, 0.3) is 0 Å². The topological polar surface area (TPSA) is 34.2 Å². The number of ether oxygens (including phenoxy) is 1. The molecule has 0 radical (unpaired) electrons. The van der Waals surface area contributed by atoms with Crippen LogP contribution in [-0.4, -0.2) is 24.7 Å². The Hall–Kier alpha value is -1.45. The molecule has 1 N–H and O–H groups in total. The highest BCUT2D eigenvalue weighted by atomic mass is 16.5. The Morgan fingerprint density at radius 2 is 2.24 bits per heavy atom. The van der Waals surface area contributed by atoms with E-state index in [4.69, 9.17) is 9.72 Å². The van der Waals surface area contributed by atoms with Gasteiger partial charge in [0.15, 0.2) is 0 Å². The molecule has 21 heavy (non-hydrogen) atoms. The molecule has 1 saturated heterocycles. The first-order chi connectivity index (χ1) is 10.3. The smallest absolute Gasteiger partial charge is 0.0708 e. The van der Waals surface area contributed by atoms with Crippen molar-refractivity contribution in [2.24, 2.45) is 5.92 Å². The molecule has 2 unspecified atom stereocenters. The van der Waals surface area contributed by atoms with E-state index in [1.165, 1.54) is 17.4 Å². The lowest BCUT2D eigenvalue weighted by molar-refractivity contribution is 0.0387. The van der Waals surface area contributed by atoms with E-state index in [1.54, 1.807) is 0 Å². The highest BCUT2D eigenvalue weighted by Crippen LogP contribution is 2.30. The number of benzene rings is 1. The van der Waals surface area contributed by atoms with Crippen LogP contribution in [0.15, 0.2) is 30.3 Å². The fourth-order valence-corrected chi connectivity index (χ4v) is 3.30. The SMILES string of the molecule is CCNC(c1cc(C)c2ccccc2n1)C1CCCOC1. The van der Waals surface area contributed by atoms with Gasteiger partial charge in [0.2, 0.25) is 0 Å². The fourth-order valence-electron chi connectivity index (χ4n) is 3.30. The molecule has 1 aliphatic heterocycles. The van der Waals surface area contributed by atoms with Crippen LogP contribution in [-0.2, 0) is 4.74 Å². The van der Waals surface area contributed by atoms with Crippen LogP contribution < -0.4 is 5.32 Å². The van der Waals surface area contributed by atoms with E-state index in [1.807, 2.05) is 0 Å². The third-order valence-corrected chi connectivity index (χ3v) is 4.35. The second-order valence-electron chi connectivity index (χ2n) is 5.89. The molecule has 3 rings (SSSR count). The third kappa shape index (κ3) is 3.09. The quantitative estimate of drug-likeness (QED) is 0.931. The van der Waals surface area contributed by atoms with Crippen LogP contribution in [0.4, 0.5) is 0 Å². The predicted molar refractivity (Wildman–Crippen MR) is 86.4 cm³/mol. The van der Waals surface area contributed by atoms with Crippen molar-refractivity contribution in [3.8, 4) is 0 Å². The van der Waals surface area contributed by atoms with E-state index in [-0.39, 0.29) is 0 Å². The number of para-hydroxylation sites is 1. The van der Waals surface area contributed by atoms with Gasteiger partial charge in [-0.3, -0.25) is 4.98 Å². The predicted octanol–water partition coefficient (Wildman–Crippen LogP) is 3.62. The van der Waals surface area contributed by atoms with E-state index < -0.39 is 0 Å². The summed E-state index contributed by atoms with van der Waals surface area (Å²) in [6, 6.07) is 10.9. The van der Waals surface area contributed by atoms with Gasteiger partial charge in [-0.25, -0.2) is 0 Å². The number of hydrogen-bond donors (Lipinski definition) is 1. The van der Waals surface area contributed by atoms with Crippen molar-refractivity contribution in [2.45, 2.75) is 32.7 Å². The summed E-state index contributed by atoms with van der Waals surface area (Å²) >= 11 is 0. The first-order valence-electron chi connectivity index (χ1n) is 7.97. The van der Waals surface area contributed by atoms with Crippen molar-refractivity contribution in [2.75, 3.05) is 19.8 Å². The maximum absolute atomic E-state index is 5.68. The average molecular weight is 284 g/mol. The molecule has 3 nitrogen and oxygen atoms in total. The Kier molecular flexibility index (Phi) is 4.51. The number of pyridine rings is 1. The Balaban J connectivity index is 1.98. The van der Waals surface area contributed by atoms with Crippen molar-refractivity contribution in [1.29, 1.82) is 0 Å². The monoisotopic (exact) mass is 284 g/mol. The molecule has 1 aromatic carbocycles. The lowest BCUT2D eigenvalue weighted by Gasteiger charge is -2.30. The van der Waals surface area contributed by atoms with Crippen LogP contribution >= 0.6 is 0 Å². The zero-order chi connectivity index (χ0) is 14.7. The lowest BCUT2D eigenvalue weighted by atomic mass is 9.90. The van der Waals surface area contributed by atoms with Gasteiger partial charge >= 0.3 is 0 Å². The van der Waals surface area contributed by atoms with E-state index in [2.05, 4.69) is 49.5 Å². The van der Waals surface area contributed by atoms with Crippen LogP contribution in [0.1, 0.15) is 37.1 Å². The first kappa shape index (κ1) is 14.5. The van der Waals surface area contributed by atoms with Crippen LogP contribution in [0.25, 0.3) is 10.9 Å². The number of nitrogens with one attached hydrogen (secondary N) is 1. The first-order valence-corrected chi connectivity index (χ1v) is 7.97. The Labute approximate surface area is 126 Å². The highest BCUT2D eigenvalue weighted by molar-refractivity contribution is 5.82. The van der Waals surface area contributed by atoms with Crippen molar-refractivity contribution in [3.63, 3.8) is 0 Å². The van der Waals surface area contributed by atoms with Gasteiger partial charge in [-0.2, -0.15) is 0 Å². The van der Waals surface area contributed by atoms with Crippen molar-refractivity contribution in [3.05, 3.63) is 41.6 Å². The molecule has 1 aliphatic rings. The number of aryl methyl sites for hydroxylation is 1. The maximum atomic E-state index is 5.68. The van der Waals surface area contributed by atoms with E-state index in [9.17, 15) is 0 Å². The summed E-state index contributed by atoms with van der Waals surface area (Å²) in [7, 11) is 0. The van der Waals surface area contributed by atoms with Crippen LogP contribution in [0.3, 0.4) is 0 Å². The van der Waals surface area contributed by atoms with Gasteiger partial charge in [-0.05, 0) is 44.0 Å². The molecule has 2 heterocycles. The Morgan fingerprint density at radius 3 is 3.00 bits per heavy atom. The molecular weight excluding hydrogens is 260 g/mol. The second kappa shape index (κ2) is 6.54. The fraction of sp³-hybridized carbons (Fsp3) is 0.500. The molecule has 112 valence electrons. The minimum absolute atomic E-state index is 0.290. The van der Waals surface area contributed by atoms with Crippen LogP contribution in [0.5, 0.6) is 0 Å². The summed E-state index contributed by atoms with van der Waals surface area (Å²) in [6.07, 6.45) is 2.37. The lowest BCUT2D eigenvalue weighted by Crippen LogP contribution is -2.34. The molecule has 2 aromatic rings. The molecule has 1 fully saturated rings. The minimum Gasteiger partial charge on any atom is -0.381 e. The van der Waals surface area contributed by atoms with Gasteiger partial charge in [-0.1, -0.05) is 25.1 Å². The van der Waals surface area contributed by atoms with Crippen molar-refractivity contribution >= 4 is 10.9 Å². The summed E-state index contributed by atoms with van der Waals surface area (Å²) in [5.41, 5.74) is 3.55. The summed E-state index contributed by atoms with van der Waals surface area (Å²) in [4.78, 5) is 4.91. The molecule has 0 amide bonds. The largest absolute Gasteiger partial charge is 0.381 e. The van der Waals surface area contributed by atoms with Gasteiger partial charge in [0.1, 0.15) is 0 Å². The Morgan fingerprint density at radius 1 is 1.38 bits per heavy atom. The summed E-state index contributed by atoms with van der Waals surface area (Å²) in [6.45, 7) is 7.03. The summed E-state index contributed by atoms with van der Waals surface area (Å²) in [5.74, 6) is 0.520. The molecule has 3 heteroatoms. The number of rotatable bonds is 4. The average Bonchev–Trinajstić information content (AvgIpc) is 2.53. The highest BCUT2D eigenvalue weighted by Gasteiger charge is 2.26. The summed E-state index contributed by atoms with van der Waals surface area (Å²) < 4.78 is 5.68. The molecule has 0 bridgehead atoms. The molecule has 2 atom stereocenters. The number of aromatic nitrogens is 1. The van der Waals surface area contributed by atoms with Crippen LogP contribution in [0, 0.1) is 12.8 Å². The van der Waals surface area contributed by atoms with Gasteiger partial charge in [0, 0.05) is 17.9 Å². The number of hydrogen-bond acceptors (Lipinski definition) is 3. The standard InChI is InChI=1S/C18H24N2O/c1-3-19-18(14-7-6-10-21-12-14)17-11-13(2)15-8-4-5-9-16(15)20-17/h4-5,8-9,11,14,18-19H,3,6-7,10,12H2,1-2H3. The van der Waals surface area contributed by atoms with Crippen molar-refractivity contribution in [1.82, 2.24) is 10.3 Å². The molecular formula is C18H24N2O. The zero-order valence-corrected chi connectivity index (χ0v) is 12.9. The number of nitrogens with zero attached hydrogens (tertiary/aromatic N) is 1. The van der Waals surface area contributed by atoms with Gasteiger partial charge < -0.3 is 10.1 Å².